The third-order valence-corrected chi connectivity index (χ3v) is 8.37. The van der Waals surface area contributed by atoms with Gasteiger partial charge in [0.2, 0.25) is 0 Å². The van der Waals surface area contributed by atoms with Gasteiger partial charge in [-0.25, -0.2) is 13.4 Å². The van der Waals surface area contributed by atoms with Crippen molar-refractivity contribution in [1.29, 1.82) is 0 Å². The predicted octanol–water partition coefficient (Wildman–Crippen LogP) is 4.47. The van der Waals surface area contributed by atoms with Crippen molar-refractivity contribution in [2.75, 3.05) is 18.8 Å². The maximum absolute atomic E-state index is 13.0. The molecule has 1 aliphatic heterocycles. The molecule has 1 aliphatic rings. The number of sulfone groups is 1. The summed E-state index contributed by atoms with van der Waals surface area (Å²) in [6, 6.07) is 16.7. The molecule has 1 atom stereocenters. The van der Waals surface area contributed by atoms with E-state index in [1.165, 1.54) is 11.3 Å². The van der Waals surface area contributed by atoms with E-state index in [-0.39, 0.29) is 18.2 Å². The number of benzene rings is 2. The summed E-state index contributed by atoms with van der Waals surface area (Å²) in [5.74, 6) is -0.331. The van der Waals surface area contributed by atoms with Crippen LogP contribution >= 0.6 is 22.9 Å². The smallest absolute Gasteiger partial charge is 0.273 e. The lowest BCUT2D eigenvalue weighted by atomic mass is 10.1. The highest BCUT2D eigenvalue weighted by Gasteiger charge is 2.34. The van der Waals surface area contributed by atoms with E-state index in [9.17, 15) is 13.2 Å². The summed E-state index contributed by atoms with van der Waals surface area (Å²) in [6.45, 7) is 0.493. The third kappa shape index (κ3) is 4.22. The Kier molecular flexibility index (Phi) is 5.72. The van der Waals surface area contributed by atoms with Crippen LogP contribution in [0.15, 0.2) is 60.0 Å². The normalized spacial score (nSPS) is 18.9. The second-order valence-corrected chi connectivity index (χ2v) is 10.4. The molecule has 29 heavy (non-hydrogen) atoms. The van der Waals surface area contributed by atoms with Crippen LogP contribution in [0.3, 0.4) is 0 Å². The van der Waals surface area contributed by atoms with Crippen molar-refractivity contribution in [3.8, 4) is 10.6 Å². The first kappa shape index (κ1) is 20.1. The Hall–Kier alpha value is -2.22. The molecule has 4 rings (SSSR count). The van der Waals surface area contributed by atoms with Crippen LogP contribution in [0.2, 0.25) is 5.02 Å². The minimum absolute atomic E-state index is 0.0929. The summed E-state index contributed by atoms with van der Waals surface area (Å²) < 4.78 is 25.7. The monoisotopic (exact) mass is 446 g/mol. The molecule has 1 amide bonds. The minimum atomic E-state index is -3.42. The number of rotatable bonds is 3. The average Bonchev–Trinajstić information content (AvgIpc) is 3.16. The number of carbonyl (C=O) groups is 1. The van der Waals surface area contributed by atoms with Crippen molar-refractivity contribution < 1.29 is 13.2 Å². The fraction of sp³-hybridized carbons (Fsp3) is 0.238. The Morgan fingerprint density at radius 1 is 1.07 bits per heavy atom. The van der Waals surface area contributed by atoms with Crippen molar-refractivity contribution in [1.82, 2.24) is 9.88 Å². The zero-order valence-electron chi connectivity index (χ0n) is 15.5. The second kappa shape index (κ2) is 8.26. The minimum Gasteiger partial charge on any atom is -0.336 e. The summed E-state index contributed by atoms with van der Waals surface area (Å²) >= 11 is 7.65. The molecule has 0 aliphatic carbocycles. The summed E-state index contributed by atoms with van der Waals surface area (Å²) in [6.07, 6.45) is 0.313. The van der Waals surface area contributed by atoms with Gasteiger partial charge in [-0.05, 0) is 18.1 Å². The van der Waals surface area contributed by atoms with Gasteiger partial charge in [0.05, 0.1) is 11.0 Å². The fourth-order valence-electron chi connectivity index (χ4n) is 3.48. The Balaban J connectivity index is 1.55. The molecule has 5 nitrogen and oxygen atoms in total. The quantitative estimate of drug-likeness (QED) is 0.595. The number of hydrogen-bond donors (Lipinski definition) is 0. The standard InChI is InChI=1S/C21H19ClN2O3S2/c22-17-9-5-4-8-16(17)19-10-11-24(12-13-29(19,26)27)21(25)18-14-28-20(23-18)15-6-2-1-3-7-15/h1-9,14,19H,10-13H2/t19-/m0/s1. The Morgan fingerprint density at radius 3 is 2.55 bits per heavy atom. The number of halogens is 1. The van der Waals surface area contributed by atoms with Crippen LogP contribution in [0.25, 0.3) is 10.6 Å². The van der Waals surface area contributed by atoms with Gasteiger partial charge in [-0.2, -0.15) is 0 Å². The van der Waals surface area contributed by atoms with Gasteiger partial charge in [0, 0.05) is 29.1 Å². The number of aromatic nitrogens is 1. The summed E-state index contributed by atoms with van der Waals surface area (Å²) in [5.41, 5.74) is 1.90. The van der Waals surface area contributed by atoms with Gasteiger partial charge in [-0.3, -0.25) is 4.79 Å². The largest absolute Gasteiger partial charge is 0.336 e. The van der Waals surface area contributed by atoms with Crippen molar-refractivity contribution in [3.05, 3.63) is 76.3 Å². The lowest BCUT2D eigenvalue weighted by Crippen LogP contribution is -2.33. The van der Waals surface area contributed by atoms with Gasteiger partial charge in [0.15, 0.2) is 9.84 Å². The van der Waals surface area contributed by atoms with Crippen LogP contribution in [0.5, 0.6) is 0 Å². The topological polar surface area (TPSA) is 67.3 Å². The fourth-order valence-corrected chi connectivity index (χ4v) is 6.43. The summed E-state index contributed by atoms with van der Waals surface area (Å²) in [7, 11) is -3.42. The zero-order valence-corrected chi connectivity index (χ0v) is 17.9. The number of hydrogen-bond acceptors (Lipinski definition) is 5. The van der Waals surface area contributed by atoms with E-state index in [0.717, 1.165) is 10.6 Å². The van der Waals surface area contributed by atoms with E-state index in [2.05, 4.69) is 4.98 Å². The lowest BCUT2D eigenvalue weighted by Gasteiger charge is -2.19. The first-order valence-electron chi connectivity index (χ1n) is 9.22. The van der Waals surface area contributed by atoms with E-state index in [1.54, 1.807) is 34.5 Å². The third-order valence-electron chi connectivity index (χ3n) is 5.02. The van der Waals surface area contributed by atoms with Gasteiger partial charge in [0.25, 0.3) is 5.91 Å². The zero-order chi connectivity index (χ0) is 20.4. The van der Waals surface area contributed by atoms with Crippen molar-refractivity contribution >= 4 is 38.7 Å². The molecule has 0 spiro atoms. The summed E-state index contributed by atoms with van der Waals surface area (Å²) in [4.78, 5) is 19.0. The SMILES string of the molecule is O=C(c1csc(-c2ccccc2)n1)N1CC[C@@H](c2ccccc2Cl)S(=O)(=O)CC1. The lowest BCUT2D eigenvalue weighted by molar-refractivity contribution is 0.0761. The molecular formula is C21H19ClN2O3S2. The van der Waals surface area contributed by atoms with Gasteiger partial charge in [-0.15, -0.1) is 11.3 Å². The van der Waals surface area contributed by atoms with E-state index in [4.69, 9.17) is 11.6 Å². The molecule has 2 aromatic carbocycles. The molecular weight excluding hydrogens is 428 g/mol. The van der Waals surface area contributed by atoms with E-state index >= 15 is 0 Å². The van der Waals surface area contributed by atoms with E-state index in [0.29, 0.717) is 29.2 Å². The molecule has 1 fully saturated rings. The van der Waals surface area contributed by atoms with E-state index < -0.39 is 15.1 Å². The van der Waals surface area contributed by atoms with Crippen molar-refractivity contribution in [2.24, 2.45) is 0 Å². The van der Waals surface area contributed by atoms with Gasteiger partial charge in [0.1, 0.15) is 10.7 Å². The van der Waals surface area contributed by atoms with Crippen LogP contribution in [-0.4, -0.2) is 43.1 Å². The number of thiazole rings is 1. The van der Waals surface area contributed by atoms with Gasteiger partial charge in [-0.1, -0.05) is 60.1 Å². The highest BCUT2D eigenvalue weighted by Crippen LogP contribution is 2.34. The molecule has 3 aromatic rings. The Labute approximate surface area is 178 Å². The molecule has 0 unspecified atom stereocenters. The van der Waals surface area contributed by atoms with Gasteiger partial charge < -0.3 is 4.90 Å². The van der Waals surface area contributed by atoms with Crippen LogP contribution in [-0.2, 0) is 9.84 Å². The molecule has 2 heterocycles. The van der Waals surface area contributed by atoms with Crippen molar-refractivity contribution in [3.63, 3.8) is 0 Å². The predicted molar refractivity (Wildman–Crippen MR) is 116 cm³/mol. The molecule has 0 radical (unpaired) electrons. The molecule has 0 bridgehead atoms. The molecule has 0 N–H and O–H groups in total. The Bertz CT molecular complexity index is 1130. The van der Waals surface area contributed by atoms with Crippen LogP contribution in [0.1, 0.15) is 27.7 Å². The molecule has 150 valence electrons. The maximum atomic E-state index is 13.0. The first-order valence-corrected chi connectivity index (χ1v) is 12.2. The molecule has 0 saturated carbocycles. The molecule has 1 saturated heterocycles. The number of carbonyl (C=O) groups excluding carboxylic acids is 1. The van der Waals surface area contributed by atoms with Crippen LogP contribution < -0.4 is 0 Å². The number of amides is 1. The highest BCUT2D eigenvalue weighted by atomic mass is 35.5. The van der Waals surface area contributed by atoms with Crippen LogP contribution in [0, 0.1) is 0 Å². The first-order chi connectivity index (χ1) is 14.0. The summed E-state index contributed by atoms with van der Waals surface area (Å²) in [5, 5.41) is 2.23. The molecule has 8 heteroatoms. The van der Waals surface area contributed by atoms with Crippen molar-refractivity contribution in [2.45, 2.75) is 11.7 Å². The number of nitrogens with zero attached hydrogens (tertiary/aromatic N) is 2. The average molecular weight is 447 g/mol. The Morgan fingerprint density at radius 2 is 1.79 bits per heavy atom. The van der Waals surface area contributed by atoms with Gasteiger partial charge >= 0.3 is 0 Å². The van der Waals surface area contributed by atoms with Crippen LogP contribution in [0.4, 0.5) is 0 Å². The second-order valence-electron chi connectivity index (χ2n) is 6.86. The maximum Gasteiger partial charge on any atom is 0.273 e. The highest BCUT2D eigenvalue weighted by molar-refractivity contribution is 7.91. The molecule has 1 aromatic heterocycles. The van der Waals surface area contributed by atoms with E-state index in [1.807, 2.05) is 30.3 Å².